The molecule has 1 aromatic heterocycles. The van der Waals surface area contributed by atoms with E-state index >= 15 is 0 Å². The van der Waals surface area contributed by atoms with Crippen LogP contribution in [0.5, 0.6) is 0 Å². The van der Waals surface area contributed by atoms with E-state index in [0.29, 0.717) is 6.04 Å². The zero-order valence-electron chi connectivity index (χ0n) is 8.08. The number of nitrogens with one attached hydrogen (secondary N) is 1. The third-order valence-electron chi connectivity index (χ3n) is 2.87. The normalized spacial score (nSPS) is 16.4. The largest absolute Gasteiger partial charge is 0.326 e. The van der Waals surface area contributed by atoms with E-state index in [1.165, 1.54) is 0 Å². The average Bonchev–Trinajstić information content (AvgIpc) is 2.91. The standard InChI is InChI=1S/C11H12N2O/c1-7-3-2-4-9-10(7)12-11(14)13(9)8-5-6-8/h2-4,8H,5-6H2,1H3,(H,12,14). The van der Waals surface area contributed by atoms with Gasteiger partial charge in [-0.1, -0.05) is 12.1 Å². The highest BCUT2D eigenvalue weighted by Gasteiger charge is 2.27. The predicted octanol–water partition coefficient (Wildman–Crippen LogP) is 1.97. The number of aryl methyl sites for hydroxylation is 1. The highest BCUT2D eigenvalue weighted by atomic mass is 16.1. The highest BCUT2D eigenvalue weighted by molar-refractivity contribution is 5.78. The van der Waals surface area contributed by atoms with E-state index in [-0.39, 0.29) is 5.69 Å². The van der Waals surface area contributed by atoms with E-state index in [4.69, 9.17) is 0 Å². The minimum atomic E-state index is 0.0387. The second-order valence-corrected chi connectivity index (χ2v) is 4.00. The van der Waals surface area contributed by atoms with E-state index in [1.54, 1.807) is 0 Å². The summed E-state index contributed by atoms with van der Waals surface area (Å²) in [4.78, 5) is 14.6. The Morgan fingerprint density at radius 1 is 1.43 bits per heavy atom. The lowest BCUT2D eigenvalue weighted by atomic mass is 10.2. The number of aromatic amines is 1. The fourth-order valence-electron chi connectivity index (χ4n) is 1.99. The van der Waals surface area contributed by atoms with Crippen molar-refractivity contribution in [1.29, 1.82) is 0 Å². The molecule has 3 nitrogen and oxygen atoms in total. The first kappa shape index (κ1) is 7.85. The van der Waals surface area contributed by atoms with Crippen LogP contribution >= 0.6 is 0 Å². The van der Waals surface area contributed by atoms with Gasteiger partial charge >= 0.3 is 5.69 Å². The first-order valence-corrected chi connectivity index (χ1v) is 4.97. The van der Waals surface area contributed by atoms with Crippen molar-refractivity contribution in [3.63, 3.8) is 0 Å². The smallest absolute Gasteiger partial charge is 0.305 e. The van der Waals surface area contributed by atoms with Gasteiger partial charge in [-0.2, -0.15) is 0 Å². The number of nitrogens with zero attached hydrogens (tertiary/aromatic N) is 1. The molecule has 3 heteroatoms. The lowest BCUT2D eigenvalue weighted by Gasteiger charge is -1.99. The fraction of sp³-hybridized carbons (Fsp3) is 0.364. The first-order chi connectivity index (χ1) is 6.77. The maximum Gasteiger partial charge on any atom is 0.326 e. The van der Waals surface area contributed by atoms with Crippen molar-refractivity contribution in [2.45, 2.75) is 25.8 Å². The van der Waals surface area contributed by atoms with E-state index in [0.717, 1.165) is 29.4 Å². The zero-order chi connectivity index (χ0) is 9.71. The van der Waals surface area contributed by atoms with Gasteiger partial charge in [0.15, 0.2) is 0 Å². The fourth-order valence-corrected chi connectivity index (χ4v) is 1.99. The number of hydrogen-bond acceptors (Lipinski definition) is 1. The third kappa shape index (κ3) is 0.953. The molecule has 0 saturated heterocycles. The third-order valence-corrected chi connectivity index (χ3v) is 2.87. The van der Waals surface area contributed by atoms with Crippen molar-refractivity contribution >= 4 is 11.0 Å². The molecule has 1 saturated carbocycles. The van der Waals surface area contributed by atoms with Crippen molar-refractivity contribution in [3.8, 4) is 0 Å². The van der Waals surface area contributed by atoms with E-state index < -0.39 is 0 Å². The Morgan fingerprint density at radius 2 is 2.21 bits per heavy atom. The minimum Gasteiger partial charge on any atom is -0.305 e. The summed E-state index contributed by atoms with van der Waals surface area (Å²) >= 11 is 0. The molecule has 1 aromatic carbocycles. The van der Waals surface area contributed by atoms with Gasteiger partial charge in [0.25, 0.3) is 0 Å². The quantitative estimate of drug-likeness (QED) is 0.730. The van der Waals surface area contributed by atoms with Crippen LogP contribution in [0.1, 0.15) is 24.4 Å². The van der Waals surface area contributed by atoms with Crippen LogP contribution in [-0.4, -0.2) is 9.55 Å². The molecule has 2 aromatic rings. The van der Waals surface area contributed by atoms with Crippen LogP contribution < -0.4 is 5.69 Å². The van der Waals surface area contributed by atoms with Crippen LogP contribution in [0.3, 0.4) is 0 Å². The molecule has 1 heterocycles. The summed E-state index contributed by atoms with van der Waals surface area (Å²) in [6.45, 7) is 2.02. The second-order valence-electron chi connectivity index (χ2n) is 4.00. The number of rotatable bonds is 1. The summed E-state index contributed by atoms with van der Waals surface area (Å²) in [7, 11) is 0. The maximum atomic E-state index is 11.7. The number of H-pyrrole nitrogens is 1. The molecule has 1 aliphatic carbocycles. The van der Waals surface area contributed by atoms with Crippen molar-refractivity contribution < 1.29 is 0 Å². The molecule has 0 unspecified atom stereocenters. The molecular formula is C11H12N2O. The number of fused-ring (bicyclic) bond motifs is 1. The lowest BCUT2D eigenvalue weighted by molar-refractivity contribution is 0.733. The lowest BCUT2D eigenvalue weighted by Crippen LogP contribution is -2.14. The van der Waals surface area contributed by atoms with Gasteiger partial charge < -0.3 is 4.98 Å². The predicted molar refractivity (Wildman–Crippen MR) is 55.6 cm³/mol. The van der Waals surface area contributed by atoms with Crippen molar-refractivity contribution in [1.82, 2.24) is 9.55 Å². The Morgan fingerprint density at radius 3 is 2.93 bits per heavy atom. The summed E-state index contributed by atoms with van der Waals surface area (Å²) in [5.74, 6) is 0. The first-order valence-electron chi connectivity index (χ1n) is 4.97. The monoisotopic (exact) mass is 188 g/mol. The molecule has 0 atom stereocenters. The van der Waals surface area contributed by atoms with Crippen LogP contribution in [0, 0.1) is 6.92 Å². The van der Waals surface area contributed by atoms with Crippen LogP contribution in [0.4, 0.5) is 0 Å². The molecule has 0 aliphatic heterocycles. The Balaban J connectivity index is 2.43. The topological polar surface area (TPSA) is 37.8 Å². The average molecular weight is 188 g/mol. The van der Waals surface area contributed by atoms with Crippen LogP contribution in [-0.2, 0) is 0 Å². The highest BCUT2D eigenvalue weighted by Crippen LogP contribution is 2.35. The molecule has 0 spiro atoms. The van der Waals surface area contributed by atoms with Gasteiger partial charge in [0.05, 0.1) is 11.0 Å². The van der Waals surface area contributed by atoms with Crippen LogP contribution in [0.15, 0.2) is 23.0 Å². The molecule has 0 bridgehead atoms. The number of hydrogen-bond donors (Lipinski definition) is 1. The van der Waals surface area contributed by atoms with Gasteiger partial charge in [0, 0.05) is 6.04 Å². The van der Waals surface area contributed by atoms with Crippen LogP contribution in [0.2, 0.25) is 0 Å². The Labute approximate surface area is 81.4 Å². The summed E-state index contributed by atoms with van der Waals surface area (Å²) in [5, 5.41) is 0. The SMILES string of the molecule is Cc1cccc2c1[nH]c(=O)n2C1CC1. The van der Waals surface area contributed by atoms with Crippen molar-refractivity contribution in [3.05, 3.63) is 34.2 Å². The van der Waals surface area contributed by atoms with E-state index in [1.807, 2.05) is 29.7 Å². The van der Waals surface area contributed by atoms with Gasteiger partial charge in [-0.15, -0.1) is 0 Å². The molecule has 1 N–H and O–H groups in total. The Hall–Kier alpha value is -1.51. The molecule has 1 aliphatic rings. The van der Waals surface area contributed by atoms with E-state index in [9.17, 15) is 4.79 Å². The Bertz CT molecular complexity index is 546. The molecule has 0 amide bonds. The number of aromatic nitrogens is 2. The van der Waals surface area contributed by atoms with E-state index in [2.05, 4.69) is 4.98 Å². The summed E-state index contributed by atoms with van der Waals surface area (Å²) in [5.41, 5.74) is 3.22. The van der Waals surface area contributed by atoms with Crippen molar-refractivity contribution in [2.24, 2.45) is 0 Å². The number of benzene rings is 1. The molecule has 1 fully saturated rings. The molecular weight excluding hydrogens is 176 g/mol. The van der Waals surface area contributed by atoms with Crippen LogP contribution in [0.25, 0.3) is 11.0 Å². The molecule has 72 valence electrons. The maximum absolute atomic E-state index is 11.7. The van der Waals surface area contributed by atoms with Gasteiger partial charge in [-0.3, -0.25) is 4.57 Å². The Kier molecular flexibility index (Phi) is 1.40. The van der Waals surface area contributed by atoms with Gasteiger partial charge in [0.2, 0.25) is 0 Å². The summed E-state index contributed by atoms with van der Waals surface area (Å²) in [6, 6.07) is 6.48. The summed E-state index contributed by atoms with van der Waals surface area (Å²) in [6.07, 6.45) is 2.28. The number of para-hydroxylation sites is 1. The molecule has 14 heavy (non-hydrogen) atoms. The second kappa shape index (κ2) is 2.50. The summed E-state index contributed by atoms with van der Waals surface area (Å²) < 4.78 is 1.89. The number of imidazole rings is 1. The molecule has 0 radical (unpaired) electrons. The van der Waals surface area contributed by atoms with Gasteiger partial charge in [-0.05, 0) is 31.4 Å². The molecule has 3 rings (SSSR count). The van der Waals surface area contributed by atoms with Gasteiger partial charge in [0.1, 0.15) is 0 Å². The zero-order valence-corrected chi connectivity index (χ0v) is 8.08. The van der Waals surface area contributed by atoms with Crippen molar-refractivity contribution in [2.75, 3.05) is 0 Å². The van der Waals surface area contributed by atoms with Gasteiger partial charge in [-0.25, -0.2) is 4.79 Å². The minimum absolute atomic E-state index is 0.0387.